The van der Waals surface area contributed by atoms with Gasteiger partial charge in [-0.2, -0.15) is 19.0 Å². The van der Waals surface area contributed by atoms with Crippen molar-refractivity contribution in [2.75, 3.05) is 64.3 Å². The number of aromatic nitrogens is 5. The van der Waals surface area contributed by atoms with Crippen LogP contribution >= 0.6 is 11.6 Å². The van der Waals surface area contributed by atoms with E-state index < -0.39 is 6.61 Å². The van der Waals surface area contributed by atoms with Crippen molar-refractivity contribution < 1.29 is 27.8 Å². The molecule has 16 heteroatoms. The van der Waals surface area contributed by atoms with E-state index in [1.54, 1.807) is 35.4 Å². The van der Waals surface area contributed by atoms with Crippen molar-refractivity contribution in [3.8, 4) is 17.0 Å². The number of esters is 1. The number of alkyl halides is 2. The van der Waals surface area contributed by atoms with Gasteiger partial charge in [-0.15, -0.1) is 0 Å². The number of carbonyl (C=O) groups is 2. The highest BCUT2D eigenvalue weighted by atomic mass is 35.5. The van der Waals surface area contributed by atoms with E-state index in [-0.39, 0.29) is 41.3 Å². The lowest BCUT2D eigenvalue weighted by Gasteiger charge is -2.37. The molecule has 1 N–H and O–H groups in total. The van der Waals surface area contributed by atoms with E-state index in [0.29, 0.717) is 41.7 Å². The molecule has 3 aromatic heterocycles. The summed E-state index contributed by atoms with van der Waals surface area (Å²) < 4.78 is 39.7. The highest BCUT2D eigenvalue weighted by Gasteiger charge is 2.27. The monoisotopic (exact) mass is 685 g/mol. The van der Waals surface area contributed by atoms with E-state index in [0.717, 1.165) is 52.1 Å². The number of fused-ring (bicyclic) bond motifs is 1. The van der Waals surface area contributed by atoms with Crippen molar-refractivity contribution in [1.29, 1.82) is 0 Å². The number of amides is 1. The minimum absolute atomic E-state index is 0.00459. The van der Waals surface area contributed by atoms with Crippen LogP contribution in [-0.2, 0) is 20.9 Å². The summed E-state index contributed by atoms with van der Waals surface area (Å²) in [6.45, 7) is 5.37. The van der Waals surface area contributed by atoms with Crippen LogP contribution in [0.1, 0.15) is 19.8 Å². The third-order valence-corrected chi connectivity index (χ3v) is 8.92. The van der Waals surface area contributed by atoms with Gasteiger partial charge in [0.2, 0.25) is 5.91 Å². The summed E-state index contributed by atoms with van der Waals surface area (Å²) in [7, 11) is 0. The predicted octanol–water partition coefficient (Wildman–Crippen LogP) is 4.01. The second-order valence-electron chi connectivity index (χ2n) is 11.8. The number of halogens is 3. The Hall–Kier alpha value is -4.34. The maximum atomic E-state index is 13.4. The van der Waals surface area contributed by atoms with Gasteiger partial charge in [0, 0.05) is 68.4 Å². The Bertz CT molecular complexity index is 1720. The molecule has 0 saturated carbocycles. The Labute approximate surface area is 281 Å². The number of piperazine rings is 1. The molecule has 0 atom stereocenters. The minimum Gasteiger partial charge on any atom is -0.466 e. The number of piperidine rings is 1. The van der Waals surface area contributed by atoms with Crippen LogP contribution in [0.4, 0.5) is 20.2 Å². The van der Waals surface area contributed by atoms with Crippen LogP contribution in [-0.4, -0.2) is 117 Å². The van der Waals surface area contributed by atoms with E-state index in [2.05, 4.69) is 30.3 Å². The molecule has 13 nitrogen and oxygen atoms in total. The Morgan fingerprint density at radius 1 is 1.06 bits per heavy atom. The zero-order valence-corrected chi connectivity index (χ0v) is 27.4. The standard InChI is InChI=1S/C32H38ClF2N9O4/c1-2-47-31(46)22-6-10-40(11-7-22)12-13-41-14-16-42(17-15-41)28(45)21-43-20-26(38-25-19-37-44-9-3-8-36-30(25)44)29(39-43)24-18-23(33)4-5-27(24)48-32(34)35/h3-5,8-9,18-20,22,32,38H,2,6-7,10-17,21H2,1H3. The summed E-state index contributed by atoms with van der Waals surface area (Å²) in [4.78, 5) is 36.4. The highest BCUT2D eigenvalue weighted by Crippen LogP contribution is 2.38. The number of hydrogen-bond acceptors (Lipinski definition) is 10. The molecule has 48 heavy (non-hydrogen) atoms. The number of benzene rings is 1. The highest BCUT2D eigenvalue weighted by molar-refractivity contribution is 6.31. The van der Waals surface area contributed by atoms with E-state index in [1.807, 2.05) is 11.8 Å². The lowest BCUT2D eigenvalue weighted by molar-refractivity contribution is -0.149. The van der Waals surface area contributed by atoms with Gasteiger partial charge in [-0.25, -0.2) is 9.50 Å². The molecule has 1 aromatic carbocycles. The summed E-state index contributed by atoms with van der Waals surface area (Å²) in [5, 5.41) is 12.5. The molecule has 2 aliphatic rings. The number of likely N-dealkylation sites (tertiary alicyclic amines) is 1. The van der Waals surface area contributed by atoms with Crippen molar-refractivity contribution in [1.82, 2.24) is 39.1 Å². The summed E-state index contributed by atoms with van der Waals surface area (Å²) in [6, 6.07) is 6.06. The van der Waals surface area contributed by atoms with Crippen LogP contribution < -0.4 is 10.1 Å². The molecule has 0 radical (unpaired) electrons. The molecular weight excluding hydrogens is 648 g/mol. The zero-order valence-electron chi connectivity index (χ0n) is 26.6. The van der Waals surface area contributed by atoms with Crippen molar-refractivity contribution in [3.63, 3.8) is 0 Å². The number of ether oxygens (including phenoxy) is 2. The molecule has 0 unspecified atom stereocenters. The smallest absolute Gasteiger partial charge is 0.387 e. The van der Waals surface area contributed by atoms with Crippen molar-refractivity contribution >= 4 is 40.5 Å². The second kappa shape index (κ2) is 15.3. The fourth-order valence-corrected chi connectivity index (χ4v) is 6.31. The van der Waals surface area contributed by atoms with Gasteiger partial charge in [-0.3, -0.25) is 19.2 Å². The van der Waals surface area contributed by atoms with Gasteiger partial charge < -0.3 is 24.6 Å². The van der Waals surface area contributed by atoms with Crippen LogP contribution in [0.15, 0.2) is 49.1 Å². The molecule has 0 bridgehead atoms. The second-order valence-corrected chi connectivity index (χ2v) is 12.2. The lowest BCUT2D eigenvalue weighted by atomic mass is 9.97. The molecule has 0 aliphatic carbocycles. The third-order valence-electron chi connectivity index (χ3n) is 8.69. The largest absolute Gasteiger partial charge is 0.466 e. The minimum atomic E-state index is -3.06. The van der Waals surface area contributed by atoms with Gasteiger partial charge >= 0.3 is 12.6 Å². The van der Waals surface area contributed by atoms with Gasteiger partial charge in [-0.05, 0) is 57.1 Å². The first-order valence-corrected chi connectivity index (χ1v) is 16.4. The van der Waals surface area contributed by atoms with E-state index in [4.69, 9.17) is 21.1 Å². The number of hydrogen-bond donors (Lipinski definition) is 1. The Kier molecular flexibility index (Phi) is 10.7. The quantitative estimate of drug-likeness (QED) is 0.219. The molecule has 2 aliphatic heterocycles. The van der Waals surface area contributed by atoms with E-state index in [1.165, 1.54) is 22.9 Å². The Balaban J connectivity index is 1.10. The summed E-state index contributed by atoms with van der Waals surface area (Å²) >= 11 is 6.27. The summed E-state index contributed by atoms with van der Waals surface area (Å²) in [5.41, 5.74) is 2.04. The van der Waals surface area contributed by atoms with Crippen molar-refractivity contribution in [3.05, 3.63) is 54.1 Å². The average molecular weight is 686 g/mol. The van der Waals surface area contributed by atoms with Gasteiger partial charge in [0.05, 0.1) is 24.4 Å². The maximum Gasteiger partial charge on any atom is 0.387 e. The number of nitrogens with zero attached hydrogens (tertiary/aromatic N) is 8. The van der Waals surface area contributed by atoms with Crippen LogP contribution in [0.2, 0.25) is 5.02 Å². The molecule has 5 heterocycles. The first-order valence-electron chi connectivity index (χ1n) is 16.0. The number of anilines is 2. The van der Waals surface area contributed by atoms with Crippen LogP contribution in [0, 0.1) is 5.92 Å². The van der Waals surface area contributed by atoms with E-state index in [9.17, 15) is 18.4 Å². The molecule has 256 valence electrons. The first kappa shape index (κ1) is 33.6. The van der Waals surface area contributed by atoms with Crippen LogP contribution in [0.5, 0.6) is 5.75 Å². The molecule has 0 spiro atoms. The summed E-state index contributed by atoms with van der Waals surface area (Å²) in [5.74, 6) is -0.304. The lowest BCUT2D eigenvalue weighted by Crippen LogP contribution is -2.51. The SMILES string of the molecule is CCOC(=O)C1CCN(CCN2CCN(C(=O)Cn3cc(Nc4cnn5cccnc45)c(-c4cc(Cl)ccc4OC(F)F)n3)CC2)CC1. The Morgan fingerprint density at radius 3 is 2.54 bits per heavy atom. The zero-order chi connectivity index (χ0) is 33.6. The van der Waals surface area contributed by atoms with E-state index >= 15 is 0 Å². The number of rotatable bonds is 12. The fourth-order valence-electron chi connectivity index (χ4n) is 6.13. The molecule has 4 aromatic rings. The molecule has 2 fully saturated rings. The first-order chi connectivity index (χ1) is 23.3. The molecule has 6 rings (SSSR count). The molecule has 2 saturated heterocycles. The predicted molar refractivity (Wildman–Crippen MR) is 174 cm³/mol. The normalized spacial score (nSPS) is 16.5. The van der Waals surface area contributed by atoms with Gasteiger partial charge in [0.15, 0.2) is 5.65 Å². The van der Waals surface area contributed by atoms with Gasteiger partial charge in [-0.1, -0.05) is 11.6 Å². The Morgan fingerprint density at radius 2 is 1.81 bits per heavy atom. The van der Waals surface area contributed by atoms with Crippen molar-refractivity contribution in [2.24, 2.45) is 5.92 Å². The topological polar surface area (TPSA) is 122 Å². The van der Waals surface area contributed by atoms with Crippen LogP contribution in [0.3, 0.4) is 0 Å². The maximum absolute atomic E-state index is 13.4. The third kappa shape index (κ3) is 8.02. The number of nitrogens with one attached hydrogen (secondary N) is 1. The van der Waals surface area contributed by atoms with Gasteiger partial charge in [0.25, 0.3) is 0 Å². The average Bonchev–Trinajstić information content (AvgIpc) is 3.68. The van der Waals surface area contributed by atoms with Crippen LogP contribution in [0.25, 0.3) is 16.9 Å². The summed E-state index contributed by atoms with van der Waals surface area (Å²) in [6.07, 6.45) is 8.26. The van der Waals surface area contributed by atoms with Crippen molar-refractivity contribution in [2.45, 2.75) is 32.9 Å². The molecular formula is C32H38ClF2N9O4. The number of carbonyl (C=O) groups excluding carboxylic acids is 2. The fraction of sp³-hybridized carbons (Fsp3) is 0.469. The van der Waals surface area contributed by atoms with Gasteiger partial charge in [0.1, 0.15) is 23.7 Å². The molecule has 1 amide bonds.